The molecule has 0 saturated heterocycles. The smallest absolute Gasteiger partial charge is 0.222 e. The Labute approximate surface area is 169 Å². The second kappa shape index (κ2) is 8.98. The Hall–Kier alpha value is -2.42. The minimum atomic E-state index is 0. The predicted molar refractivity (Wildman–Crippen MR) is 108 cm³/mol. The van der Waals surface area contributed by atoms with Gasteiger partial charge in [-0.05, 0) is 25.0 Å². The summed E-state index contributed by atoms with van der Waals surface area (Å²) in [6.07, 6.45) is 3.59. The van der Waals surface area contributed by atoms with Crippen molar-refractivity contribution >= 4 is 36.6 Å². The van der Waals surface area contributed by atoms with Gasteiger partial charge in [0.1, 0.15) is 11.5 Å². The molecule has 0 aromatic carbocycles. The second-order valence-corrected chi connectivity index (χ2v) is 6.21. The summed E-state index contributed by atoms with van der Waals surface area (Å²) < 4.78 is 5.35. The number of nitrogens with two attached hydrogens (primary N) is 2. The standard InChI is InChI=1S/C17H19N7O.2ClH/c18-11-5-10(6-11)14-8-16(23-17(19)22-14)21-9-12-7-15(24-25-12)13-3-1-2-4-20-13;;/h1-4,7-8,10-11H,5-6,9,18H2,(H3,19,21,22,23);2*1H. The van der Waals surface area contributed by atoms with Crippen LogP contribution in [0.3, 0.4) is 0 Å². The molecule has 0 unspecified atom stereocenters. The molecule has 1 aliphatic rings. The Kier molecular flexibility index (Phi) is 6.95. The van der Waals surface area contributed by atoms with Gasteiger partial charge in [0.15, 0.2) is 5.76 Å². The third kappa shape index (κ3) is 4.85. The van der Waals surface area contributed by atoms with Gasteiger partial charge in [0.05, 0.1) is 17.9 Å². The quantitative estimate of drug-likeness (QED) is 0.586. The molecule has 0 bridgehead atoms. The maximum absolute atomic E-state index is 5.85. The Balaban J connectivity index is 0.00000131. The number of anilines is 2. The molecule has 0 spiro atoms. The van der Waals surface area contributed by atoms with Crippen molar-refractivity contribution in [3.8, 4) is 11.4 Å². The van der Waals surface area contributed by atoms with E-state index in [2.05, 4.69) is 25.4 Å². The van der Waals surface area contributed by atoms with Crippen LogP contribution in [0.5, 0.6) is 0 Å². The summed E-state index contributed by atoms with van der Waals surface area (Å²) in [5.41, 5.74) is 14.1. The number of pyridine rings is 1. The molecule has 3 heterocycles. The van der Waals surface area contributed by atoms with Crippen molar-refractivity contribution < 1.29 is 4.52 Å². The number of nitrogens with zero attached hydrogens (tertiary/aromatic N) is 4. The summed E-state index contributed by atoms with van der Waals surface area (Å²) in [4.78, 5) is 12.8. The van der Waals surface area contributed by atoms with Crippen LogP contribution in [0.4, 0.5) is 11.8 Å². The minimum Gasteiger partial charge on any atom is -0.368 e. The third-order valence-corrected chi connectivity index (χ3v) is 4.29. The summed E-state index contributed by atoms with van der Waals surface area (Å²) in [7, 11) is 0. The number of rotatable bonds is 5. The minimum absolute atomic E-state index is 0. The first-order valence-electron chi connectivity index (χ1n) is 8.18. The van der Waals surface area contributed by atoms with Crippen LogP contribution in [-0.4, -0.2) is 26.2 Å². The molecule has 27 heavy (non-hydrogen) atoms. The van der Waals surface area contributed by atoms with Gasteiger partial charge >= 0.3 is 0 Å². The number of hydrogen-bond donors (Lipinski definition) is 3. The topological polar surface area (TPSA) is 129 Å². The molecule has 3 aromatic heterocycles. The fraction of sp³-hybridized carbons (Fsp3) is 0.294. The molecule has 0 radical (unpaired) electrons. The van der Waals surface area contributed by atoms with Crippen LogP contribution in [0.25, 0.3) is 11.4 Å². The van der Waals surface area contributed by atoms with Crippen LogP contribution in [0, 0.1) is 0 Å². The van der Waals surface area contributed by atoms with Crippen LogP contribution in [0.2, 0.25) is 0 Å². The second-order valence-electron chi connectivity index (χ2n) is 6.21. The SMILES string of the molecule is Cl.Cl.Nc1nc(NCc2cc(-c3ccccn3)no2)cc(C2CC(N)C2)n1. The highest BCUT2D eigenvalue weighted by Gasteiger charge is 2.29. The summed E-state index contributed by atoms with van der Waals surface area (Å²) in [5.74, 6) is 1.97. The van der Waals surface area contributed by atoms with Gasteiger partial charge in [-0.15, -0.1) is 24.8 Å². The lowest BCUT2D eigenvalue weighted by atomic mass is 9.78. The number of hydrogen-bond acceptors (Lipinski definition) is 8. The number of aromatic nitrogens is 4. The molecule has 1 saturated carbocycles. The van der Waals surface area contributed by atoms with Crippen LogP contribution < -0.4 is 16.8 Å². The first kappa shape index (κ1) is 20.9. The van der Waals surface area contributed by atoms with Crippen molar-refractivity contribution in [2.75, 3.05) is 11.1 Å². The average Bonchev–Trinajstić information content (AvgIpc) is 3.06. The van der Waals surface area contributed by atoms with E-state index in [0.29, 0.717) is 29.7 Å². The van der Waals surface area contributed by atoms with Crippen LogP contribution >= 0.6 is 24.8 Å². The molecule has 1 aliphatic carbocycles. The highest BCUT2D eigenvalue weighted by Crippen LogP contribution is 2.35. The van der Waals surface area contributed by atoms with Crippen molar-refractivity contribution in [2.45, 2.75) is 31.3 Å². The highest BCUT2D eigenvalue weighted by atomic mass is 35.5. The lowest BCUT2D eigenvalue weighted by Gasteiger charge is -2.32. The van der Waals surface area contributed by atoms with E-state index in [0.717, 1.165) is 24.2 Å². The van der Waals surface area contributed by atoms with E-state index >= 15 is 0 Å². The van der Waals surface area contributed by atoms with Crippen molar-refractivity contribution in [1.82, 2.24) is 20.1 Å². The van der Waals surface area contributed by atoms with Crippen molar-refractivity contribution in [3.05, 3.63) is 48.0 Å². The normalized spacial score (nSPS) is 18.0. The van der Waals surface area contributed by atoms with Crippen LogP contribution in [-0.2, 0) is 6.54 Å². The first-order chi connectivity index (χ1) is 12.2. The van der Waals surface area contributed by atoms with E-state index in [1.807, 2.05) is 30.3 Å². The van der Waals surface area contributed by atoms with Crippen molar-refractivity contribution in [3.63, 3.8) is 0 Å². The maximum Gasteiger partial charge on any atom is 0.222 e. The number of nitrogen functional groups attached to an aromatic ring is 1. The van der Waals surface area contributed by atoms with E-state index in [1.165, 1.54) is 0 Å². The Morgan fingerprint density at radius 1 is 1.11 bits per heavy atom. The molecule has 144 valence electrons. The van der Waals surface area contributed by atoms with Gasteiger partial charge in [-0.25, -0.2) is 4.98 Å². The summed E-state index contributed by atoms with van der Waals surface area (Å²) in [5, 5.41) is 7.25. The molecule has 4 rings (SSSR count). The Morgan fingerprint density at radius 2 is 1.93 bits per heavy atom. The van der Waals surface area contributed by atoms with E-state index < -0.39 is 0 Å². The molecular weight excluding hydrogens is 389 g/mol. The maximum atomic E-state index is 5.85. The van der Waals surface area contributed by atoms with Crippen LogP contribution in [0.15, 0.2) is 41.1 Å². The van der Waals surface area contributed by atoms with E-state index in [9.17, 15) is 0 Å². The fourth-order valence-electron chi connectivity index (χ4n) is 2.90. The fourth-order valence-corrected chi connectivity index (χ4v) is 2.90. The molecule has 0 aliphatic heterocycles. The van der Waals surface area contributed by atoms with E-state index in [4.69, 9.17) is 16.0 Å². The zero-order valence-corrected chi connectivity index (χ0v) is 16.0. The monoisotopic (exact) mass is 409 g/mol. The van der Waals surface area contributed by atoms with Gasteiger partial charge in [0, 0.05) is 30.3 Å². The summed E-state index contributed by atoms with van der Waals surface area (Å²) in [6, 6.07) is 9.69. The molecule has 0 amide bonds. The van der Waals surface area contributed by atoms with Gasteiger partial charge in [0.2, 0.25) is 5.95 Å². The van der Waals surface area contributed by atoms with Gasteiger partial charge < -0.3 is 21.3 Å². The van der Waals surface area contributed by atoms with E-state index in [-0.39, 0.29) is 36.8 Å². The zero-order chi connectivity index (χ0) is 17.2. The number of nitrogens with one attached hydrogen (secondary N) is 1. The zero-order valence-electron chi connectivity index (χ0n) is 14.4. The highest BCUT2D eigenvalue weighted by molar-refractivity contribution is 5.85. The van der Waals surface area contributed by atoms with Crippen molar-refractivity contribution in [1.29, 1.82) is 0 Å². The van der Waals surface area contributed by atoms with Gasteiger partial charge in [-0.1, -0.05) is 11.2 Å². The Morgan fingerprint density at radius 3 is 2.63 bits per heavy atom. The molecule has 10 heteroatoms. The summed E-state index contributed by atoms with van der Waals surface area (Å²) >= 11 is 0. The average molecular weight is 410 g/mol. The molecule has 5 N–H and O–H groups in total. The molecule has 8 nitrogen and oxygen atoms in total. The molecule has 1 fully saturated rings. The predicted octanol–water partition coefficient (Wildman–Crippen LogP) is 2.77. The van der Waals surface area contributed by atoms with Gasteiger partial charge in [-0.2, -0.15) is 4.98 Å². The van der Waals surface area contributed by atoms with Gasteiger partial charge in [0.25, 0.3) is 0 Å². The largest absolute Gasteiger partial charge is 0.368 e. The Bertz CT molecular complexity index is 869. The van der Waals surface area contributed by atoms with Crippen LogP contribution in [0.1, 0.15) is 30.2 Å². The third-order valence-electron chi connectivity index (χ3n) is 4.29. The molecular formula is C17H21Cl2N7O. The lowest BCUT2D eigenvalue weighted by molar-refractivity contribution is 0.345. The summed E-state index contributed by atoms with van der Waals surface area (Å²) in [6.45, 7) is 0.444. The number of halogens is 2. The van der Waals surface area contributed by atoms with E-state index in [1.54, 1.807) is 6.20 Å². The molecule has 3 aromatic rings. The lowest BCUT2D eigenvalue weighted by Crippen LogP contribution is -2.35. The van der Waals surface area contributed by atoms with Crippen molar-refractivity contribution in [2.24, 2.45) is 5.73 Å². The molecule has 0 atom stereocenters. The van der Waals surface area contributed by atoms with Gasteiger partial charge in [-0.3, -0.25) is 4.98 Å². The first-order valence-corrected chi connectivity index (χ1v) is 8.18.